The van der Waals surface area contributed by atoms with E-state index in [1.165, 1.54) is 22.5 Å². The van der Waals surface area contributed by atoms with Crippen LogP contribution in [0.15, 0.2) is 39.8 Å². The first kappa shape index (κ1) is 13.9. The van der Waals surface area contributed by atoms with E-state index < -0.39 is 0 Å². The molecule has 0 bridgehead atoms. The molecule has 2 N–H and O–H groups in total. The Morgan fingerprint density at radius 1 is 1.26 bits per heavy atom. The molecular weight excluding hydrogens is 308 g/mol. The van der Waals surface area contributed by atoms with E-state index >= 15 is 0 Å². The van der Waals surface area contributed by atoms with Crippen molar-refractivity contribution >= 4 is 44.6 Å². The van der Waals surface area contributed by atoms with Gasteiger partial charge in [0.05, 0.1) is 21.5 Å². The third-order valence-electron chi connectivity index (χ3n) is 4.02. The highest BCUT2D eigenvalue weighted by Crippen LogP contribution is 2.30. The summed E-state index contributed by atoms with van der Waals surface area (Å²) in [5.74, 6) is 0.400. The van der Waals surface area contributed by atoms with Gasteiger partial charge in [-0.25, -0.2) is 0 Å². The van der Waals surface area contributed by atoms with E-state index in [1.807, 2.05) is 16.6 Å². The third-order valence-corrected chi connectivity index (χ3v) is 5.03. The number of benzene rings is 1. The predicted molar refractivity (Wildman–Crippen MR) is 96.3 cm³/mol. The van der Waals surface area contributed by atoms with Crippen LogP contribution in [0.4, 0.5) is 5.82 Å². The Balaban J connectivity index is 2.10. The van der Waals surface area contributed by atoms with E-state index in [1.54, 1.807) is 12.3 Å². The topological polar surface area (TPSA) is 72.8 Å². The fourth-order valence-electron chi connectivity index (χ4n) is 2.64. The number of hydrogen-bond donors (Lipinski definition) is 1. The van der Waals surface area contributed by atoms with E-state index in [0.29, 0.717) is 22.0 Å². The highest BCUT2D eigenvalue weighted by atomic mass is 32.1. The number of aryl methyl sites for hydroxylation is 2. The van der Waals surface area contributed by atoms with Crippen molar-refractivity contribution in [3.05, 3.63) is 57.0 Å². The van der Waals surface area contributed by atoms with Crippen molar-refractivity contribution in [2.45, 2.75) is 13.8 Å². The second-order valence-electron chi connectivity index (χ2n) is 5.55. The first-order valence-corrected chi connectivity index (χ1v) is 8.00. The third kappa shape index (κ3) is 2.10. The van der Waals surface area contributed by atoms with Crippen LogP contribution in [-0.4, -0.2) is 15.6 Å². The molecule has 0 radical (unpaired) electrons. The molecule has 2 aromatic heterocycles. The Hall–Kier alpha value is -2.73. The minimum Gasteiger partial charge on any atom is -0.384 e. The molecule has 1 aliphatic rings. The summed E-state index contributed by atoms with van der Waals surface area (Å²) >= 11 is 1.47. The van der Waals surface area contributed by atoms with Gasteiger partial charge in [-0.15, -0.1) is 0 Å². The molecule has 3 aromatic rings. The smallest absolute Gasteiger partial charge is 0.283 e. The zero-order valence-electron chi connectivity index (χ0n) is 12.7. The lowest BCUT2D eigenvalue weighted by atomic mass is 10.1. The fraction of sp³-hybridized carbons (Fsp3) is 0.118. The summed E-state index contributed by atoms with van der Waals surface area (Å²) in [5, 5.41) is 0. The zero-order chi connectivity index (χ0) is 16.1. The zero-order valence-corrected chi connectivity index (χ0v) is 13.5. The first-order chi connectivity index (χ1) is 11.0. The number of allylic oxidation sites excluding steroid dienone is 2. The Morgan fingerprint density at radius 2 is 2.04 bits per heavy atom. The van der Waals surface area contributed by atoms with Crippen molar-refractivity contribution in [3.63, 3.8) is 0 Å². The second kappa shape index (κ2) is 4.89. The van der Waals surface area contributed by atoms with Crippen LogP contribution < -0.4 is 11.3 Å². The molecule has 6 heteroatoms. The maximum absolute atomic E-state index is 12.3. The number of thiazole rings is 1. The van der Waals surface area contributed by atoms with Crippen molar-refractivity contribution < 1.29 is 0 Å². The van der Waals surface area contributed by atoms with Crippen LogP contribution in [0.25, 0.3) is 21.3 Å². The van der Waals surface area contributed by atoms with E-state index in [0.717, 1.165) is 10.2 Å². The van der Waals surface area contributed by atoms with Gasteiger partial charge in [-0.3, -0.25) is 14.2 Å². The average Bonchev–Trinajstić information content (AvgIpc) is 3.11. The van der Waals surface area contributed by atoms with Gasteiger partial charge in [0.2, 0.25) is 0 Å². The number of aromatic nitrogens is 2. The predicted octanol–water partition coefficient (Wildman–Crippen LogP) is 3.09. The van der Waals surface area contributed by atoms with Crippen molar-refractivity contribution in [1.82, 2.24) is 9.38 Å². The minimum atomic E-state index is -0.328. The van der Waals surface area contributed by atoms with Gasteiger partial charge < -0.3 is 5.73 Å². The molecule has 3 heterocycles. The van der Waals surface area contributed by atoms with E-state index in [9.17, 15) is 4.79 Å². The molecule has 114 valence electrons. The van der Waals surface area contributed by atoms with Gasteiger partial charge >= 0.3 is 0 Å². The lowest BCUT2D eigenvalue weighted by Crippen LogP contribution is -2.16. The largest absolute Gasteiger partial charge is 0.384 e. The maximum atomic E-state index is 12.3. The van der Waals surface area contributed by atoms with Gasteiger partial charge in [0.1, 0.15) is 5.82 Å². The number of fused-ring (bicyclic) bond motifs is 3. The molecule has 0 saturated carbocycles. The highest BCUT2D eigenvalue weighted by molar-refractivity contribution is 7.23. The van der Waals surface area contributed by atoms with Crippen molar-refractivity contribution in [2.75, 3.05) is 5.73 Å². The molecule has 0 saturated heterocycles. The number of nitrogens with zero attached hydrogens (tertiary/aromatic N) is 3. The SMILES string of the molecule is Cc1cc2sc3nc(=O)c(C=C4C=CC=N4)c(N)n3c2cc1C. The summed E-state index contributed by atoms with van der Waals surface area (Å²) in [6, 6.07) is 4.19. The summed E-state index contributed by atoms with van der Waals surface area (Å²) in [6.07, 6.45) is 7.00. The van der Waals surface area contributed by atoms with Gasteiger partial charge in [-0.05, 0) is 55.3 Å². The second-order valence-corrected chi connectivity index (χ2v) is 6.56. The highest BCUT2D eigenvalue weighted by Gasteiger charge is 2.15. The molecule has 0 spiro atoms. The van der Waals surface area contributed by atoms with Crippen molar-refractivity contribution in [3.8, 4) is 0 Å². The Labute approximate surface area is 136 Å². The quantitative estimate of drug-likeness (QED) is 0.748. The number of nitrogens with two attached hydrogens (primary N) is 1. The van der Waals surface area contributed by atoms with Crippen LogP contribution in [0.2, 0.25) is 0 Å². The molecule has 1 aliphatic heterocycles. The molecule has 0 aliphatic carbocycles. The summed E-state index contributed by atoms with van der Waals surface area (Å²) in [7, 11) is 0. The van der Waals surface area contributed by atoms with Gasteiger partial charge in [0.15, 0.2) is 4.96 Å². The Bertz CT molecular complexity index is 1100. The number of nitrogen functional groups attached to an aromatic ring is 1. The minimum absolute atomic E-state index is 0.328. The molecule has 4 rings (SSSR count). The van der Waals surface area contributed by atoms with Crippen LogP contribution in [0.1, 0.15) is 16.7 Å². The Kier molecular flexibility index (Phi) is 2.96. The molecule has 23 heavy (non-hydrogen) atoms. The van der Waals surface area contributed by atoms with E-state index in [4.69, 9.17) is 5.73 Å². The van der Waals surface area contributed by atoms with Gasteiger partial charge in [0.25, 0.3) is 5.56 Å². The molecule has 0 amide bonds. The number of aliphatic imine (C=N–C) groups is 1. The average molecular weight is 322 g/mol. The number of hydrogen-bond acceptors (Lipinski definition) is 5. The van der Waals surface area contributed by atoms with Crippen LogP contribution in [0.3, 0.4) is 0 Å². The lowest BCUT2D eigenvalue weighted by molar-refractivity contribution is 1.14. The summed E-state index contributed by atoms with van der Waals surface area (Å²) in [6.45, 7) is 4.13. The van der Waals surface area contributed by atoms with E-state index in [-0.39, 0.29) is 5.56 Å². The van der Waals surface area contributed by atoms with Crippen molar-refractivity contribution in [1.29, 1.82) is 0 Å². The summed E-state index contributed by atoms with van der Waals surface area (Å²) in [4.78, 5) is 21.3. The first-order valence-electron chi connectivity index (χ1n) is 7.19. The Morgan fingerprint density at radius 3 is 2.78 bits per heavy atom. The van der Waals surface area contributed by atoms with Crippen LogP contribution in [0, 0.1) is 13.8 Å². The summed E-state index contributed by atoms with van der Waals surface area (Å²) < 4.78 is 2.91. The standard InChI is InChI=1S/C17H14N4OS/c1-9-6-13-14(7-10(9)2)23-17-20-16(22)12(15(18)21(13)17)8-11-4-3-5-19-11/h3-8H,18H2,1-2H3. The summed E-state index contributed by atoms with van der Waals surface area (Å²) in [5.41, 5.74) is 10.4. The number of rotatable bonds is 1. The monoisotopic (exact) mass is 322 g/mol. The normalized spacial score (nSPS) is 15.5. The van der Waals surface area contributed by atoms with Gasteiger partial charge in [-0.1, -0.05) is 11.3 Å². The molecule has 0 fully saturated rings. The molecule has 0 unspecified atom stereocenters. The van der Waals surface area contributed by atoms with Gasteiger partial charge in [-0.2, -0.15) is 4.98 Å². The van der Waals surface area contributed by atoms with Gasteiger partial charge in [0, 0.05) is 6.21 Å². The number of anilines is 1. The van der Waals surface area contributed by atoms with Crippen LogP contribution in [-0.2, 0) is 0 Å². The lowest BCUT2D eigenvalue weighted by Gasteiger charge is -2.06. The molecular formula is C17H14N4OS. The van der Waals surface area contributed by atoms with Crippen molar-refractivity contribution in [2.24, 2.45) is 4.99 Å². The van der Waals surface area contributed by atoms with E-state index in [2.05, 4.69) is 36.0 Å². The molecule has 0 atom stereocenters. The molecule has 1 aromatic carbocycles. The van der Waals surface area contributed by atoms with Crippen LogP contribution in [0.5, 0.6) is 0 Å². The van der Waals surface area contributed by atoms with Crippen LogP contribution >= 0.6 is 11.3 Å². The maximum Gasteiger partial charge on any atom is 0.283 e. The fourth-order valence-corrected chi connectivity index (χ4v) is 3.75. The molecule has 5 nitrogen and oxygen atoms in total.